The first kappa shape index (κ1) is 29.4. The zero-order valence-electron chi connectivity index (χ0n) is 23.1. The first-order valence-corrected chi connectivity index (χ1v) is 17.4. The van der Waals surface area contributed by atoms with Crippen molar-refractivity contribution in [1.82, 2.24) is 14.5 Å². The normalized spacial score (nSPS) is 16.2. The molecule has 1 fully saturated rings. The van der Waals surface area contributed by atoms with Gasteiger partial charge in [0.25, 0.3) is 0 Å². The standard InChI is InChI=1S/C27H40BrN3O5Si/c1-8-35-25(32)23-22(19-11-13-20(28)14-12-19)29-24(31(23)18-34-16-17-37(5,6)7)21-10-9-15-30(21)26(33)36-27(2,3)4/h11-14,21H,8-10,15-18H2,1-7H3. The summed E-state index contributed by atoms with van der Waals surface area (Å²) in [5.74, 6) is 0.145. The number of hydrogen-bond acceptors (Lipinski definition) is 6. The maximum Gasteiger partial charge on any atom is 0.410 e. The van der Waals surface area contributed by atoms with E-state index in [1.807, 2.05) is 45.0 Å². The topological polar surface area (TPSA) is 82.9 Å². The Labute approximate surface area is 229 Å². The van der Waals surface area contributed by atoms with E-state index in [4.69, 9.17) is 19.2 Å². The van der Waals surface area contributed by atoms with Crippen molar-refractivity contribution >= 4 is 36.1 Å². The van der Waals surface area contributed by atoms with E-state index in [2.05, 4.69) is 35.6 Å². The molecule has 1 aromatic heterocycles. The average Bonchev–Trinajstić information content (AvgIpc) is 3.40. The van der Waals surface area contributed by atoms with E-state index in [9.17, 15) is 9.59 Å². The summed E-state index contributed by atoms with van der Waals surface area (Å²) in [5.41, 5.74) is 1.03. The number of nitrogens with zero attached hydrogens (tertiary/aromatic N) is 3. The Kier molecular flexibility index (Phi) is 9.63. The summed E-state index contributed by atoms with van der Waals surface area (Å²) < 4.78 is 20.0. The third-order valence-corrected chi connectivity index (χ3v) is 8.21. The molecule has 1 amide bonds. The van der Waals surface area contributed by atoms with Crippen LogP contribution in [0.2, 0.25) is 25.7 Å². The zero-order chi connectivity index (χ0) is 27.4. The van der Waals surface area contributed by atoms with Crippen LogP contribution in [0.25, 0.3) is 11.3 Å². The van der Waals surface area contributed by atoms with E-state index >= 15 is 0 Å². The number of benzene rings is 1. The molecule has 0 aliphatic carbocycles. The zero-order valence-corrected chi connectivity index (χ0v) is 25.7. The summed E-state index contributed by atoms with van der Waals surface area (Å²) in [6.45, 7) is 15.8. The molecule has 1 atom stereocenters. The molecule has 0 saturated carbocycles. The highest BCUT2D eigenvalue weighted by Crippen LogP contribution is 2.36. The lowest BCUT2D eigenvalue weighted by Crippen LogP contribution is -2.37. The number of aromatic nitrogens is 2. The van der Waals surface area contributed by atoms with Crippen molar-refractivity contribution in [2.45, 2.75) is 84.6 Å². The molecular formula is C27H40BrN3O5Si. The lowest BCUT2D eigenvalue weighted by Gasteiger charge is -2.28. The Bertz CT molecular complexity index is 1090. The molecule has 2 heterocycles. The first-order chi connectivity index (χ1) is 17.3. The lowest BCUT2D eigenvalue weighted by atomic mass is 10.1. The fourth-order valence-electron chi connectivity index (χ4n) is 4.18. The highest BCUT2D eigenvalue weighted by atomic mass is 79.9. The summed E-state index contributed by atoms with van der Waals surface area (Å²) in [4.78, 5) is 33.1. The maximum atomic E-state index is 13.3. The number of likely N-dealkylation sites (tertiary alicyclic amines) is 1. The summed E-state index contributed by atoms with van der Waals surface area (Å²) in [6, 6.07) is 8.31. The first-order valence-electron chi connectivity index (χ1n) is 12.9. The molecule has 37 heavy (non-hydrogen) atoms. The summed E-state index contributed by atoms with van der Waals surface area (Å²) in [7, 11) is -1.30. The molecule has 8 nitrogen and oxygen atoms in total. The third-order valence-electron chi connectivity index (χ3n) is 5.98. The third kappa shape index (κ3) is 7.91. The van der Waals surface area contributed by atoms with Crippen LogP contribution in [-0.4, -0.2) is 59.9 Å². The molecule has 0 bridgehead atoms. The molecule has 1 saturated heterocycles. The Balaban J connectivity index is 2.09. The van der Waals surface area contributed by atoms with Crippen LogP contribution < -0.4 is 0 Å². The van der Waals surface area contributed by atoms with Gasteiger partial charge in [0.2, 0.25) is 0 Å². The molecule has 1 unspecified atom stereocenters. The van der Waals surface area contributed by atoms with Crippen LogP contribution in [-0.2, 0) is 20.9 Å². The molecule has 0 N–H and O–H groups in total. The van der Waals surface area contributed by atoms with Crippen LogP contribution in [0.4, 0.5) is 4.79 Å². The van der Waals surface area contributed by atoms with Crippen molar-refractivity contribution in [3.8, 4) is 11.3 Å². The minimum Gasteiger partial charge on any atom is -0.461 e. The van der Waals surface area contributed by atoms with Gasteiger partial charge in [-0.15, -0.1) is 0 Å². The number of hydrogen-bond donors (Lipinski definition) is 0. The molecule has 0 spiro atoms. The largest absolute Gasteiger partial charge is 0.461 e. The molecular weight excluding hydrogens is 554 g/mol. The van der Waals surface area contributed by atoms with Gasteiger partial charge in [-0.25, -0.2) is 14.6 Å². The fourth-order valence-corrected chi connectivity index (χ4v) is 5.20. The Morgan fingerprint density at radius 3 is 2.43 bits per heavy atom. The minimum atomic E-state index is -1.30. The van der Waals surface area contributed by atoms with Gasteiger partial charge in [-0.1, -0.05) is 47.7 Å². The van der Waals surface area contributed by atoms with Crippen molar-refractivity contribution in [3.05, 3.63) is 40.3 Å². The predicted octanol–water partition coefficient (Wildman–Crippen LogP) is 6.87. The molecule has 2 aromatic rings. The summed E-state index contributed by atoms with van der Waals surface area (Å²) >= 11 is 3.48. The average molecular weight is 595 g/mol. The SMILES string of the molecule is CCOC(=O)c1c(-c2ccc(Br)cc2)nc(C2CCCN2C(=O)OC(C)(C)C)n1COCC[Si](C)(C)C. The van der Waals surface area contributed by atoms with Gasteiger partial charge in [0.1, 0.15) is 23.9 Å². The Morgan fingerprint density at radius 2 is 1.84 bits per heavy atom. The molecule has 1 aliphatic rings. The minimum absolute atomic E-state index is 0.149. The van der Waals surface area contributed by atoms with Gasteiger partial charge in [-0.2, -0.15) is 0 Å². The lowest BCUT2D eigenvalue weighted by molar-refractivity contribution is 0.0202. The molecule has 0 radical (unpaired) electrons. The quantitative estimate of drug-likeness (QED) is 0.179. The van der Waals surface area contributed by atoms with Crippen molar-refractivity contribution < 1.29 is 23.8 Å². The van der Waals surface area contributed by atoms with E-state index in [1.165, 1.54) is 0 Å². The molecule has 3 rings (SSSR count). The van der Waals surface area contributed by atoms with Gasteiger partial charge in [0, 0.05) is 31.3 Å². The van der Waals surface area contributed by atoms with Crippen LogP contribution in [0.3, 0.4) is 0 Å². The monoisotopic (exact) mass is 593 g/mol. The van der Waals surface area contributed by atoms with Crippen LogP contribution >= 0.6 is 15.9 Å². The second kappa shape index (κ2) is 12.1. The van der Waals surface area contributed by atoms with Gasteiger partial charge in [0.05, 0.1) is 12.6 Å². The van der Waals surface area contributed by atoms with Gasteiger partial charge in [-0.3, -0.25) is 9.47 Å². The highest BCUT2D eigenvalue weighted by molar-refractivity contribution is 9.10. The highest BCUT2D eigenvalue weighted by Gasteiger charge is 2.38. The summed E-state index contributed by atoms with van der Waals surface area (Å²) in [6.07, 6.45) is 1.15. The van der Waals surface area contributed by atoms with Crippen LogP contribution in [0.1, 0.15) is 62.9 Å². The number of imidazole rings is 1. The maximum absolute atomic E-state index is 13.3. The van der Waals surface area contributed by atoms with E-state index in [1.54, 1.807) is 16.4 Å². The van der Waals surface area contributed by atoms with Crippen molar-refractivity contribution in [2.75, 3.05) is 19.8 Å². The van der Waals surface area contributed by atoms with Crippen molar-refractivity contribution in [3.63, 3.8) is 0 Å². The van der Waals surface area contributed by atoms with Gasteiger partial charge >= 0.3 is 12.1 Å². The number of carbonyl (C=O) groups excluding carboxylic acids is 2. The van der Waals surface area contributed by atoms with Crippen LogP contribution in [0.5, 0.6) is 0 Å². The van der Waals surface area contributed by atoms with E-state index in [-0.39, 0.29) is 25.5 Å². The number of halogens is 1. The van der Waals surface area contributed by atoms with E-state index in [0.717, 1.165) is 22.5 Å². The smallest absolute Gasteiger partial charge is 0.410 e. The molecule has 1 aliphatic heterocycles. The molecule has 1 aromatic carbocycles. The number of esters is 1. The number of amides is 1. The fraction of sp³-hybridized carbons (Fsp3) is 0.593. The number of carbonyl (C=O) groups is 2. The number of ether oxygens (including phenoxy) is 3. The van der Waals surface area contributed by atoms with Gasteiger partial charge in [-0.05, 0) is 58.7 Å². The second-order valence-electron chi connectivity index (χ2n) is 11.5. The van der Waals surface area contributed by atoms with Crippen LogP contribution in [0, 0.1) is 0 Å². The van der Waals surface area contributed by atoms with E-state index in [0.29, 0.717) is 36.8 Å². The summed E-state index contributed by atoms with van der Waals surface area (Å²) in [5, 5.41) is 0. The Morgan fingerprint density at radius 1 is 1.16 bits per heavy atom. The number of rotatable bonds is 9. The van der Waals surface area contributed by atoms with Gasteiger partial charge in [0.15, 0.2) is 5.69 Å². The molecule has 10 heteroatoms. The van der Waals surface area contributed by atoms with Crippen LogP contribution in [0.15, 0.2) is 28.7 Å². The second-order valence-corrected chi connectivity index (χ2v) is 18.0. The van der Waals surface area contributed by atoms with Gasteiger partial charge < -0.3 is 14.2 Å². The van der Waals surface area contributed by atoms with E-state index < -0.39 is 19.6 Å². The molecule has 204 valence electrons. The van der Waals surface area contributed by atoms with Crippen molar-refractivity contribution in [1.29, 1.82) is 0 Å². The predicted molar refractivity (Wildman–Crippen MR) is 150 cm³/mol. The van der Waals surface area contributed by atoms with Crippen molar-refractivity contribution in [2.24, 2.45) is 0 Å². The Hall–Kier alpha value is -2.17.